The van der Waals surface area contributed by atoms with Crippen molar-refractivity contribution in [2.45, 2.75) is 12.1 Å². The van der Waals surface area contributed by atoms with E-state index in [4.69, 9.17) is 16.3 Å². The lowest BCUT2D eigenvalue weighted by molar-refractivity contribution is -0.141. The number of aryl methyl sites for hydroxylation is 1. The Bertz CT molecular complexity index is 767. The monoisotopic (exact) mass is 366 g/mol. The Hall–Kier alpha value is -1.96. The number of rotatable bonds is 4. The molecule has 1 aromatic carbocycles. The van der Waals surface area contributed by atoms with Gasteiger partial charge in [-0.25, -0.2) is 4.39 Å². The van der Waals surface area contributed by atoms with Crippen molar-refractivity contribution in [3.8, 4) is 0 Å². The lowest BCUT2D eigenvalue weighted by Crippen LogP contribution is -2.46. The number of nitrogens with zero attached hydrogens (tertiary/aromatic N) is 3. The fraction of sp³-hybridized carbons (Fsp3) is 0.412. The molecule has 2 unspecified atom stereocenters. The largest absolute Gasteiger partial charge is 0.370 e. The molecule has 0 spiro atoms. The van der Waals surface area contributed by atoms with Crippen LogP contribution in [-0.2, 0) is 16.6 Å². The number of benzene rings is 1. The molecule has 2 heterocycles. The van der Waals surface area contributed by atoms with E-state index < -0.39 is 11.9 Å². The number of hydrogen-bond acceptors (Lipinski definition) is 4. The highest BCUT2D eigenvalue weighted by molar-refractivity contribution is 6.30. The fourth-order valence-corrected chi connectivity index (χ4v) is 3.16. The number of amides is 1. The molecule has 1 fully saturated rings. The van der Waals surface area contributed by atoms with E-state index in [0.717, 1.165) is 11.1 Å². The van der Waals surface area contributed by atoms with Crippen LogP contribution in [0.25, 0.3) is 0 Å². The van der Waals surface area contributed by atoms with Crippen LogP contribution in [0.15, 0.2) is 30.6 Å². The fourth-order valence-electron chi connectivity index (χ4n) is 2.97. The van der Waals surface area contributed by atoms with Crippen LogP contribution in [0.3, 0.4) is 0 Å². The molecule has 0 bridgehead atoms. The first-order valence-electron chi connectivity index (χ1n) is 8.00. The maximum absolute atomic E-state index is 13.4. The van der Waals surface area contributed by atoms with Gasteiger partial charge in [-0.2, -0.15) is 5.10 Å². The Labute approximate surface area is 150 Å². The molecule has 0 radical (unpaired) electrons. The average molecular weight is 367 g/mol. The van der Waals surface area contributed by atoms with Gasteiger partial charge in [0.15, 0.2) is 0 Å². The summed E-state index contributed by atoms with van der Waals surface area (Å²) < 4.78 is 20.8. The number of halogens is 2. The van der Waals surface area contributed by atoms with Crippen LogP contribution in [0, 0.1) is 5.82 Å². The molecule has 1 saturated heterocycles. The molecule has 0 saturated carbocycles. The van der Waals surface area contributed by atoms with Crippen molar-refractivity contribution in [1.29, 1.82) is 0 Å². The highest BCUT2D eigenvalue weighted by Gasteiger charge is 2.31. The molecule has 1 amide bonds. The van der Waals surface area contributed by atoms with Crippen molar-refractivity contribution in [2.24, 2.45) is 7.05 Å². The number of likely N-dealkylation sites (N-methyl/N-ethyl adjacent to an activating group) is 1. The Morgan fingerprint density at radius 1 is 1.52 bits per heavy atom. The highest BCUT2D eigenvalue weighted by atomic mass is 35.5. The van der Waals surface area contributed by atoms with Gasteiger partial charge in [0.25, 0.3) is 0 Å². The molecule has 134 valence electrons. The van der Waals surface area contributed by atoms with E-state index in [9.17, 15) is 9.18 Å². The molecule has 0 aliphatic carbocycles. The Morgan fingerprint density at radius 2 is 2.32 bits per heavy atom. The zero-order chi connectivity index (χ0) is 18.0. The van der Waals surface area contributed by atoms with Gasteiger partial charge in [0.05, 0.1) is 24.4 Å². The maximum Gasteiger partial charge on any atom is 0.244 e. The minimum atomic E-state index is -0.471. The van der Waals surface area contributed by atoms with E-state index in [2.05, 4.69) is 10.4 Å². The molecule has 1 aliphatic rings. The van der Waals surface area contributed by atoms with E-state index in [1.165, 1.54) is 6.07 Å². The zero-order valence-electron chi connectivity index (χ0n) is 14.1. The summed E-state index contributed by atoms with van der Waals surface area (Å²) >= 11 is 5.86. The summed E-state index contributed by atoms with van der Waals surface area (Å²) in [6, 6.07) is 4.03. The van der Waals surface area contributed by atoms with Gasteiger partial charge in [-0.15, -0.1) is 0 Å². The van der Waals surface area contributed by atoms with Crippen LogP contribution >= 0.6 is 11.6 Å². The third kappa shape index (κ3) is 3.84. The lowest BCUT2D eigenvalue weighted by Gasteiger charge is -2.35. The molecular weight excluding hydrogens is 347 g/mol. The number of ether oxygens (including phenoxy) is 1. The molecular formula is C17H20ClFN4O2. The Morgan fingerprint density at radius 3 is 2.96 bits per heavy atom. The normalized spacial score (nSPS) is 19.0. The van der Waals surface area contributed by atoms with Crippen LogP contribution in [0.1, 0.15) is 23.3 Å². The van der Waals surface area contributed by atoms with Crippen LogP contribution in [0.4, 0.5) is 4.39 Å². The zero-order valence-corrected chi connectivity index (χ0v) is 14.8. The molecule has 2 aromatic rings. The van der Waals surface area contributed by atoms with E-state index >= 15 is 0 Å². The van der Waals surface area contributed by atoms with Crippen LogP contribution < -0.4 is 5.32 Å². The molecule has 1 N–H and O–H groups in total. The summed E-state index contributed by atoms with van der Waals surface area (Å²) in [6.07, 6.45) is 3.16. The number of nitrogens with one attached hydrogen (secondary N) is 1. The van der Waals surface area contributed by atoms with Crippen LogP contribution in [-0.4, -0.2) is 47.3 Å². The summed E-state index contributed by atoms with van der Waals surface area (Å²) in [6.45, 7) is 1.30. The molecule has 1 aliphatic heterocycles. The molecule has 25 heavy (non-hydrogen) atoms. The summed E-state index contributed by atoms with van der Waals surface area (Å²) in [5.41, 5.74) is 1.56. The maximum atomic E-state index is 13.4. The van der Waals surface area contributed by atoms with Crippen molar-refractivity contribution in [3.05, 3.63) is 52.6 Å². The second-order valence-electron chi connectivity index (χ2n) is 5.99. The number of hydrogen-bond donors (Lipinski definition) is 1. The van der Waals surface area contributed by atoms with E-state index in [1.807, 2.05) is 13.2 Å². The highest BCUT2D eigenvalue weighted by Crippen LogP contribution is 2.27. The Balaban J connectivity index is 1.75. The van der Waals surface area contributed by atoms with E-state index in [0.29, 0.717) is 19.7 Å². The molecule has 8 heteroatoms. The second kappa shape index (κ2) is 7.51. The van der Waals surface area contributed by atoms with Crippen molar-refractivity contribution >= 4 is 17.5 Å². The first-order chi connectivity index (χ1) is 12.0. The van der Waals surface area contributed by atoms with Crippen molar-refractivity contribution < 1.29 is 13.9 Å². The lowest BCUT2D eigenvalue weighted by atomic mass is 10.1. The quantitative estimate of drug-likeness (QED) is 0.900. The third-order valence-corrected chi connectivity index (χ3v) is 4.58. The van der Waals surface area contributed by atoms with Crippen molar-refractivity contribution in [2.75, 3.05) is 26.7 Å². The predicted molar refractivity (Wildman–Crippen MR) is 91.7 cm³/mol. The van der Waals surface area contributed by atoms with Gasteiger partial charge in [-0.1, -0.05) is 17.7 Å². The molecule has 2 atom stereocenters. The topological polar surface area (TPSA) is 59.4 Å². The van der Waals surface area contributed by atoms with Gasteiger partial charge in [0.1, 0.15) is 18.0 Å². The van der Waals surface area contributed by atoms with Gasteiger partial charge in [0.2, 0.25) is 5.91 Å². The van der Waals surface area contributed by atoms with Crippen LogP contribution in [0.2, 0.25) is 5.02 Å². The van der Waals surface area contributed by atoms with Gasteiger partial charge < -0.3 is 15.0 Å². The third-order valence-electron chi connectivity index (χ3n) is 4.29. The molecule has 1 aromatic heterocycles. The number of carbonyl (C=O) groups is 1. The van der Waals surface area contributed by atoms with Gasteiger partial charge in [-0.05, 0) is 24.7 Å². The first kappa shape index (κ1) is 17.8. The average Bonchev–Trinajstić information content (AvgIpc) is 3.04. The van der Waals surface area contributed by atoms with Crippen molar-refractivity contribution in [3.63, 3.8) is 0 Å². The Kier molecular flexibility index (Phi) is 5.36. The number of aromatic nitrogens is 2. The van der Waals surface area contributed by atoms with E-state index in [-0.39, 0.29) is 17.0 Å². The standard InChI is InChI=1S/C17H20ClFN4O2/c1-20-16(12-8-21-22(2)9-12)17(24)23-5-6-25-15(10-23)11-3-4-14(19)13(18)7-11/h3-4,7-9,15-16,20H,5-6,10H2,1-2H3. The van der Waals surface area contributed by atoms with Crippen LogP contribution in [0.5, 0.6) is 0 Å². The first-order valence-corrected chi connectivity index (χ1v) is 8.38. The van der Waals surface area contributed by atoms with Gasteiger partial charge >= 0.3 is 0 Å². The minimum Gasteiger partial charge on any atom is -0.370 e. The summed E-state index contributed by atoms with van der Waals surface area (Å²) in [7, 11) is 3.55. The SMILES string of the molecule is CNC(C(=O)N1CCOC(c2ccc(F)c(Cl)c2)C1)c1cnn(C)c1. The second-order valence-corrected chi connectivity index (χ2v) is 6.39. The number of carbonyl (C=O) groups excluding carboxylic acids is 1. The summed E-state index contributed by atoms with van der Waals surface area (Å²) in [5, 5.41) is 7.22. The molecule has 3 rings (SSSR count). The minimum absolute atomic E-state index is 0.0444. The van der Waals surface area contributed by atoms with Gasteiger partial charge in [-0.3, -0.25) is 9.48 Å². The summed E-state index contributed by atoms with van der Waals surface area (Å²) in [4.78, 5) is 14.7. The van der Waals surface area contributed by atoms with E-state index in [1.54, 1.807) is 35.0 Å². The molecule has 6 nitrogen and oxygen atoms in total. The van der Waals surface area contributed by atoms with Crippen molar-refractivity contribution in [1.82, 2.24) is 20.0 Å². The number of morpholine rings is 1. The predicted octanol–water partition coefficient (Wildman–Crippen LogP) is 2.07. The van der Waals surface area contributed by atoms with Gasteiger partial charge in [0, 0.05) is 25.4 Å². The summed E-state index contributed by atoms with van der Waals surface area (Å²) in [5.74, 6) is -0.516. The smallest absolute Gasteiger partial charge is 0.244 e.